The maximum absolute atomic E-state index is 12.2. The van der Waals surface area contributed by atoms with E-state index in [1.165, 1.54) is 0 Å². The lowest BCUT2D eigenvalue weighted by Gasteiger charge is -2.23. The van der Waals surface area contributed by atoms with E-state index in [2.05, 4.69) is 15.3 Å². The van der Waals surface area contributed by atoms with Gasteiger partial charge in [0.05, 0.1) is 10.9 Å². The van der Waals surface area contributed by atoms with Crippen LogP contribution >= 0.6 is 11.6 Å². The Balaban J connectivity index is 1.59. The maximum atomic E-state index is 12.2. The van der Waals surface area contributed by atoms with Gasteiger partial charge >= 0.3 is 0 Å². The average molecular weight is 392 g/mol. The standard InChI is InChI=1S/C22H18ClN3O2/c23-21-17(2-1-3-18(21)19-8-9-20(27)26-22(19)28)15-6-4-14(5-7-15)12-16-10-11-24-13-25-16/h1-7,10-11,13,19H,8-9,12H2,(H,26,27,28). The molecule has 28 heavy (non-hydrogen) atoms. The van der Waals surface area contributed by atoms with Crippen LogP contribution in [0.5, 0.6) is 0 Å². The summed E-state index contributed by atoms with van der Waals surface area (Å²) >= 11 is 6.67. The molecule has 2 heterocycles. The summed E-state index contributed by atoms with van der Waals surface area (Å²) in [5.74, 6) is -0.912. The molecule has 0 radical (unpaired) electrons. The number of nitrogens with one attached hydrogen (secondary N) is 1. The molecule has 6 heteroatoms. The summed E-state index contributed by atoms with van der Waals surface area (Å²) < 4.78 is 0. The first-order chi connectivity index (χ1) is 13.6. The molecule has 3 aromatic rings. The largest absolute Gasteiger partial charge is 0.296 e. The SMILES string of the molecule is O=C1CCC(c2cccc(-c3ccc(Cc4ccncn4)cc3)c2Cl)C(=O)N1. The fraction of sp³-hybridized carbons (Fsp3) is 0.182. The van der Waals surface area contributed by atoms with Gasteiger partial charge in [-0.2, -0.15) is 0 Å². The molecule has 0 spiro atoms. The van der Waals surface area contributed by atoms with Crippen molar-refractivity contribution in [2.75, 3.05) is 0 Å². The quantitative estimate of drug-likeness (QED) is 0.684. The van der Waals surface area contributed by atoms with Crippen LogP contribution in [0.25, 0.3) is 11.1 Å². The van der Waals surface area contributed by atoms with Crippen LogP contribution in [0.3, 0.4) is 0 Å². The van der Waals surface area contributed by atoms with Crippen molar-refractivity contribution in [2.45, 2.75) is 25.2 Å². The van der Waals surface area contributed by atoms with Gasteiger partial charge in [0.25, 0.3) is 0 Å². The molecule has 1 aliphatic rings. The average Bonchev–Trinajstić information content (AvgIpc) is 2.70. The summed E-state index contributed by atoms with van der Waals surface area (Å²) in [6, 6.07) is 15.7. The number of hydrogen-bond donors (Lipinski definition) is 1. The van der Waals surface area contributed by atoms with Crippen LogP contribution in [0.4, 0.5) is 0 Å². The van der Waals surface area contributed by atoms with Crippen LogP contribution in [0.1, 0.15) is 35.6 Å². The Morgan fingerprint density at radius 3 is 2.61 bits per heavy atom. The molecule has 2 aromatic carbocycles. The van der Waals surface area contributed by atoms with Crippen molar-refractivity contribution in [3.63, 3.8) is 0 Å². The Bertz CT molecular complexity index is 1020. The van der Waals surface area contributed by atoms with E-state index in [4.69, 9.17) is 11.6 Å². The molecule has 1 N–H and O–H groups in total. The molecule has 1 saturated heterocycles. The lowest BCUT2D eigenvalue weighted by molar-refractivity contribution is -0.134. The second kappa shape index (κ2) is 7.90. The van der Waals surface area contributed by atoms with Crippen LogP contribution in [0.2, 0.25) is 5.02 Å². The van der Waals surface area contributed by atoms with Crippen LogP contribution in [0.15, 0.2) is 61.1 Å². The third-order valence-electron chi connectivity index (χ3n) is 4.94. The summed E-state index contributed by atoms with van der Waals surface area (Å²) in [5.41, 5.74) is 4.71. The first kappa shape index (κ1) is 18.3. The Labute approximate surface area is 167 Å². The van der Waals surface area contributed by atoms with Gasteiger partial charge in [0.15, 0.2) is 0 Å². The van der Waals surface area contributed by atoms with Gasteiger partial charge < -0.3 is 0 Å². The molecule has 0 saturated carbocycles. The lowest BCUT2D eigenvalue weighted by Crippen LogP contribution is -2.39. The number of nitrogens with zero attached hydrogens (tertiary/aromatic N) is 2. The molecule has 1 aromatic heterocycles. The minimum absolute atomic E-state index is 0.229. The number of carbonyl (C=O) groups is 2. The van der Waals surface area contributed by atoms with E-state index in [0.717, 1.165) is 34.4 Å². The summed E-state index contributed by atoms with van der Waals surface area (Å²) in [7, 11) is 0. The Hall–Kier alpha value is -3.05. The van der Waals surface area contributed by atoms with E-state index >= 15 is 0 Å². The van der Waals surface area contributed by atoms with E-state index in [-0.39, 0.29) is 11.8 Å². The second-order valence-corrected chi connectivity index (χ2v) is 7.16. The monoisotopic (exact) mass is 391 g/mol. The number of hydrogen-bond acceptors (Lipinski definition) is 4. The molecule has 1 fully saturated rings. The number of benzene rings is 2. The minimum atomic E-state index is -0.401. The van der Waals surface area contributed by atoms with Gasteiger partial charge in [-0.15, -0.1) is 0 Å². The van der Waals surface area contributed by atoms with Gasteiger partial charge in [0.1, 0.15) is 6.33 Å². The van der Waals surface area contributed by atoms with Crippen molar-refractivity contribution in [3.05, 3.63) is 82.9 Å². The smallest absolute Gasteiger partial charge is 0.234 e. The van der Waals surface area contributed by atoms with E-state index in [1.54, 1.807) is 12.5 Å². The summed E-state index contributed by atoms with van der Waals surface area (Å²) in [6.07, 6.45) is 4.81. The number of carbonyl (C=O) groups excluding carboxylic acids is 2. The zero-order valence-corrected chi connectivity index (χ0v) is 15.8. The first-order valence-electron chi connectivity index (χ1n) is 9.08. The summed E-state index contributed by atoms with van der Waals surface area (Å²) in [5, 5.41) is 2.95. The first-order valence-corrected chi connectivity index (χ1v) is 9.46. The van der Waals surface area contributed by atoms with Gasteiger partial charge in [-0.1, -0.05) is 54.1 Å². The second-order valence-electron chi connectivity index (χ2n) is 6.79. The lowest BCUT2D eigenvalue weighted by atomic mass is 9.88. The highest BCUT2D eigenvalue weighted by Gasteiger charge is 2.30. The molecule has 0 aliphatic carbocycles. The van der Waals surface area contributed by atoms with Gasteiger partial charge in [0.2, 0.25) is 11.8 Å². The van der Waals surface area contributed by atoms with Crippen molar-refractivity contribution in [3.8, 4) is 11.1 Å². The van der Waals surface area contributed by atoms with Gasteiger partial charge in [0, 0.05) is 30.3 Å². The van der Waals surface area contributed by atoms with E-state index in [9.17, 15) is 9.59 Å². The highest BCUT2D eigenvalue weighted by atomic mass is 35.5. The topological polar surface area (TPSA) is 72.0 Å². The highest BCUT2D eigenvalue weighted by Crippen LogP contribution is 2.37. The van der Waals surface area contributed by atoms with Crippen LogP contribution < -0.4 is 5.32 Å². The molecular weight excluding hydrogens is 374 g/mol. The zero-order valence-electron chi connectivity index (χ0n) is 15.1. The van der Waals surface area contributed by atoms with Crippen molar-refractivity contribution in [1.29, 1.82) is 0 Å². The third-order valence-corrected chi connectivity index (χ3v) is 5.36. The fourth-order valence-corrected chi connectivity index (χ4v) is 3.83. The highest BCUT2D eigenvalue weighted by molar-refractivity contribution is 6.34. The van der Waals surface area contributed by atoms with Crippen molar-refractivity contribution >= 4 is 23.4 Å². The van der Waals surface area contributed by atoms with Crippen molar-refractivity contribution in [1.82, 2.24) is 15.3 Å². The van der Waals surface area contributed by atoms with Crippen molar-refractivity contribution < 1.29 is 9.59 Å². The molecule has 140 valence electrons. The molecule has 2 amide bonds. The van der Waals surface area contributed by atoms with Crippen molar-refractivity contribution in [2.24, 2.45) is 0 Å². The number of imide groups is 1. The normalized spacial score (nSPS) is 16.7. The summed E-state index contributed by atoms with van der Waals surface area (Å²) in [4.78, 5) is 31.8. The maximum Gasteiger partial charge on any atom is 0.234 e. The van der Waals surface area contributed by atoms with E-state index in [1.807, 2.05) is 48.5 Å². The number of rotatable bonds is 4. The molecular formula is C22H18ClN3O2. The predicted octanol–water partition coefficient (Wildman–Crippen LogP) is 3.91. The van der Waals surface area contributed by atoms with Gasteiger partial charge in [-0.3, -0.25) is 14.9 Å². The Kier molecular flexibility index (Phi) is 5.17. The minimum Gasteiger partial charge on any atom is -0.296 e. The molecule has 0 bridgehead atoms. The molecule has 1 unspecified atom stereocenters. The number of amides is 2. The van der Waals surface area contributed by atoms with Crippen LogP contribution in [-0.2, 0) is 16.0 Å². The van der Waals surface area contributed by atoms with Crippen LogP contribution in [0, 0.1) is 0 Å². The number of halogens is 1. The zero-order chi connectivity index (χ0) is 19.5. The molecule has 1 aliphatic heterocycles. The molecule has 1 atom stereocenters. The van der Waals surface area contributed by atoms with E-state index < -0.39 is 5.92 Å². The van der Waals surface area contributed by atoms with Gasteiger partial charge in [-0.05, 0) is 29.2 Å². The number of piperidine rings is 1. The predicted molar refractivity (Wildman–Crippen MR) is 107 cm³/mol. The Morgan fingerprint density at radius 2 is 1.89 bits per heavy atom. The molecule has 5 nitrogen and oxygen atoms in total. The fourth-order valence-electron chi connectivity index (χ4n) is 3.47. The number of aromatic nitrogens is 2. The molecule has 4 rings (SSSR count). The summed E-state index contributed by atoms with van der Waals surface area (Å²) in [6.45, 7) is 0. The van der Waals surface area contributed by atoms with Crippen LogP contribution in [-0.4, -0.2) is 21.8 Å². The van der Waals surface area contributed by atoms with E-state index in [0.29, 0.717) is 17.9 Å². The van der Waals surface area contributed by atoms with Gasteiger partial charge in [-0.25, -0.2) is 9.97 Å². The Morgan fingerprint density at radius 1 is 1.07 bits per heavy atom. The third kappa shape index (κ3) is 3.80.